The summed E-state index contributed by atoms with van der Waals surface area (Å²) in [7, 11) is 0. The summed E-state index contributed by atoms with van der Waals surface area (Å²) in [5.41, 5.74) is 0. The zero-order chi connectivity index (χ0) is 6.95. The number of aliphatic hydroxyl groups excluding tert-OH is 2. The van der Waals surface area contributed by atoms with Gasteiger partial charge in [0.2, 0.25) is 0 Å². The summed E-state index contributed by atoms with van der Waals surface area (Å²) in [6.45, 7) is 0.333. The van der Waals surface area contributed by atoms with Crippen LogP contribution in [0.2, 0.25) is 0 Å². The summed E-state index contributed by atoms with van der Waals surface area (Å²) < 4.78 is 0. The van der Waals surface area contributed by atoms with E-state index in [2.05, 4.69) is 11.8 Å². The molecule has 0 fully saturated rings. The average molecular weight is 128 g/mol. The van der Waals surface area contributed by atoms with Crippen molar-refractivity contribution >= 4 is 0 Å². The molecule has 2 nitrogen and oxygen atoms in total. The van der Waals surface area contributed by atoms with Crippen LogP contribution in [0.3, 0.4) is 0 Å². The molecule has 0 aliphatic carbocycles. The Morgan fingerprint density at radius 2 is 1.56 bits per heavy atom. The van der Waals surface area contributed by atoms with E-state index in [-0.39, 0.29) is 13.2 Å². The van der Waals surface area contributed by atoms with Gasteiger partial charge in [-0.3, -0.25) is 0 Å². The van der Waals surface area contributed by atoms with Gasteiger partial charge in [-0.2, -0.15) is 0 Å². The van der Waals surface area contributed by atoms with Gasteiger partial charge in [0, 0.05) is 19.4 Å². The summed E-state index contributed by atoms with van der Waals surface area (Å²) >= 11 is 0. The Labute approximate surface area is 55.5 Å². The minimum absolute atomic E-state index is 0.131. The molecule has 0 rings (SSSR count). The number of aliphatic hydroxyl groups is 2. The summed E-state index contributed by atoms with van der Waals surface area (Å²) in [5.74, 6) is 5.58. The van der Waals surface area contributed by atoms with Crippen LogP contribution in [0, 0.1) is 11.8 Å². The van der Waals surface area contributed by atoms with Crippen LogP contribution < -0.4 is 0 Å². The molecular formula is C7H12O2. The number of rotatable bonds is 3. The molecule has 52 valence electrons. The fraction of sp³-hybridized carbons (Fsp3) is 0.714. The zero-order valence-electron chi connectivity index (χ0n) is 5.43. The van der Waals surface area contributed by atoms with Crippen LogP contribution >= 0.6 is 0 Å². The van der Waals surface area contributed by atoms with E-state index in [1.807, 2.05) is 0 Å². The minimum atomic E-state index is 0.131. The van der Waals surface area contributed by atoms with Crippen LogP contribution in [0.5, 0.6) is 0 Å². The molecule has 0 radical (unpaired) electrons. The molecule has 0 amide bonds. The number of hydrogen-bond donors (Lipinski definition) is 2. The summed E-state index contributed by atoms with van der Waals surface area (Å²) in [5, 5.41) is 16.6. The molecule has 0 aliphatic heterocycles. The normalized spacial score (nSPS) is 8.22. The van der Waals surface area contributed by atoms with E-state index >= 15 is 0 Å². The average Bonchev–Trinajstić information content (AvgIpc) is 1.89. The first-order valence-electron chi connectivity index (χ1n) is 3.09. The monoisotopic (exact) mass is 128 g/mol. The molecule has 0 aromatic heterocycles. The quantitative estimate of drug-likeness (QED) is 0.419. The van der Waals surface area contributed by atoms with E-state index in [4.69, 9.17) is 10.2 Å². The van der Waals surface area contributed by atoms with E-state index in [0.717, 1.165) is 12.8 Å². The van der Waals surface area contributed by atoms with E-state index in [1.54, 1.807) is 0 Å². The SMILES string of the molecule is OCCC#CCCCO. The maximum Gasteiger partial charge on any atom is 0.0540 e. The highest BCUT2D eigenvalue weighted by atomic mass is 16.3. The minimum Gasteiger partial charge on any atom is -0.396 e. The second kappa shape index (κ2) is 7.48. The van der Waals surface area contributed by atoms with E-state index in [1.165, 1.54) is 0 Å². The standard InChI is InChI=1S/C7H12O2/c8-6-4-2-1-3-5-7-9/h8-9H,2,4-7H2. The van der Waals surface area contributed by atoms with Crippen LogP contribution in [0.15, 0.2) is 0 Å². The van der Waals surface area contributed by atoms with Crippen LogP contribution in [0.25, 0.3) is 0 Å². The highest BCUT2D eigenvalue weighted by Crippen LogP contribution is 1.82. The van der Waals surface area contributed by atoms with Crippen LogP contribution in [0.1, 0.15) is 19.3 Å². The highest BCUT2D eigenvalue weighted by Gasteiger charge is 1.76. The topological polar surface area (TPSA) is 40.5 Å². The molecule has 0 unspecified atom stereocenters. The maximum absolute atomic E-state index is 8.31. The third kappa shape index (κ3) is 7.48. The lowest BCUT2D eigenvalue weighted by Gasteiger charge is -1.83. The summed E-state index contributed by atoms with van der Waals surface area (Å²) in [6.07, 6.45) is 2.01. The molecule has 0 heterocycles. The second-order valence-corrected chi connectivity index (χ2v) is 1.65. The molecule has 2 heteroatoms. The fourth-order valence-corrected chi connectivity index (χ4v) is 0.400. The lowest BCUT2D eigenvalue weighted by molar-refractivity contribution is 0.290. The van der Waals surface area contributed by atoms with Crippen molar-refractivity contribution in [3.63, 3.8) is 0 Å². The van der Waals surface area contributed by atoms with Gasteiger partial charge in [0.25, 0.3) is 0 Å². The number of unbranched alkanes of at least 4 members (excludes halogenated alkanes) is 1. The van der Waals surface area contributed by atoms with Gasteiger partial charge in [-0.1, -0.05) is 0 Å². The molecule has 0 aliphatic rings. The van der Waals surface area contributed by atoms with Gasteiger partial charge in [0.15, 0.2) is 0 Å². The van der Waals surface area contributed by atoms with Gasteiger partial charge in [-0.25, -0.2) is 0 Å². The van der Waals surface area contributed by atoms with Crippen molar-refractivity contribution in [3.8, 4) is 11.8 Å². The molecule has 0 aromatic rings. The zero-order valence-corrected chi connectivity index (χ0v) is 5.43. The molecule has 9 heavy (non-hydrogen) atoms. The largest absolute Gasteiger partial charge is 0.396 e. The molecule has 0 aromatic carbocycles. The summed E-state index contributed by atoms with van der Waals surface area (Å²) in [6, 6.07) is 0. The Hall–Kier alpha value is -0.520. The van der Waals surface area contributed by atoms with Crippen molar-refractivity contribution in [3.05, 3.63) is 0 Å². The van der Waals surface area contributed by atoms with Gasteiger partial charge in [-0.05, 0) is 6.42 Å². The van der Waals surface area contributed by atoms with E-state index < -0.39 is 0 Å². The Balaban J connectivity index is 2.96. The summed E-state index contributed by atoms with van der Waals surface area (Å²) in [4.78, 5) is 0. The Kier molecular flexibility index (Phi) is 7.05. The van der Waals surface area contributed by atoms with E-state index in [0.29, 0.717) is 6.42 Å². The van der Waals surface area contributed by atoms with Crippen molar-refractivity contribution < 1.29 is 10.2 Å². The van der Waals surface area contributed by atoms with Gasteiger partial charge in [0.05, 0.1) is 6.61 Å². The maximum atomic E-state index is 8.31. The second-order valence-electron chi connectivity index (χ2n) is 1.65. The molecule has 2 N–H and O–H groups in total. The molecule has 0 saturated heterocycles. The first kappa shape index (κ1) is 8.48. The Morgan fingerprint density at radius 1 is 0.889 bits per heavy atom. The highest BCUT2D eigenvalue weighted by molar-refractivity contribution is 4.98. The first-order valence-corrected chi connectivity index (χ1v) is 3.09. The lowest BCUT2D eigenvalue weighted by atomic mass is 10.3. The third-order valence-electron chi connectivity index (χ3n) is 0.822. The van der Waals surface area contributed by atoms with Gasteiger partial charge >= 0.3 is 0 Å². The van der Waals surface area contributed by atoms with Gasteiger partial charge in [0.1, 0.15) is 0 Å². The first-order chi connectivity index (χ1) is 4.41. The van der Waals surface area contributed by atoms with Crippen molar-refractivity contribution in [2.45, 2.75) is 19.3 Å². The van der Waals surface area contributed by atoms with Crippen LogP contribution in [-0.4, -0.2) is 23.4 Å². The van der Waals surface area contributed by atoms with Crippen LogP contribution in [0.4, 0.5) is 0 Å². The number of hydrogen-bond acceptors (Lipinski definition) is 2. The molecule has 0 spiro atoms. The van der Waals surface area contributed by atoms with Crippen molar-refractivity contribution in [2.75, 3.05) is 13.2 Å². The molecule has 0 saturated carbocycles. The molecule has 0 bridgehead atoms. The Bertz CT molecular complexity index is 99.2. The Morgan fingerprint density at radius 3 is 2.11 bits per heavy atom. The molecular weight excluding hydrogens is 116 g/mol. The fourth-order valence-electron chi connectivity index (χ4n) is 0.400. The molecule has 0 atom stereocenters. The van der Waals surface area contributed by atoms with E-state index in [9.17, 15) is 0 Å². The predicted octanol–water partition coefficient (Wildman–Crippen LogP) is 0.145. The van der Waals surface area contributed by atoms with Crippen LogP contribution in [-0.2, 0) is 0 Å². The van der Waals surface area contributed by atoms with Crippen molar-refractivity contribution in [2.24, 2.45) is 0 Å². The van der Waals surface area contributed by atoms with Crippen molar-refractivity contribution in [1.29, 1.82) is 0 Å². The lowest BCUT2D eigenvalue weighted by Crippen LogP contribution is -1.80. The van der Waals surface area contributed by atoms with Crippen molar-refractivity contribution in [1.82, 2.24) is 0 Å². The third-order valence-corrected chi connectivity index (χ3v) is 0.822. The predicted molar refractivity (Wildman–Crippen MR) is 35.8 cm³/mol. The van der Waals surface area contributed by atoms with Gasteiger partial charge in [-0.15, -0.1) is 11.8 Å². The van der Waals surface area contributed by atoms with Gasteiger partial charge < -0.3 is 10.2 Å². The smallest absolute Gasteiger partial charge is 0.0540 e.